The van der Waals surface area contributed by atoms with Crippen molar-refractivity contribution in [3.8, 4) is 0 Å². The van der Waals surface area contributed by atoms with E-state index in [0.717, 1.165) is 30.1 Å². The molecule has 0 aromatic heterocycles. The first-order chi connectivity index (χ1) is 6.54. The third-order valence-electron chi connectivity index (χ3n) is 4.09. The molecule has 0 saturated heterocycles. The van der Waals surface area contributed by atoms with E-state index in [2.05, 4.69) is 34.6 Å². The molecule has 0 heterocycles. The maximum absolute atomic E-state index is 8.79. The third kappa shape index (κ3) is 4.45. The molecule has 0 saturated carbocycles. The number of aliphatic hydroxyl groups excluding tert-OH is 1. The van der Waals surface area contributed by atoms with Crippen molar-refractivity contribution >= 4 is 0 Å². The van der Waals surface area contributed by atoms with E-state index in [1.54, 1.807) is 0 Å². The predicted molar refractivity (Wildman–Crippen MR) is 63.3 cm³/mol. The Morgan fingerprint density at radius 3 is 1.86 bits per heavy atom. The van der Waals surface area contributed by atoms with E-state index in [1.807, 2.05) is 0 Å². The summed E-state index contributed by atoms with van der Waals surface area (Å²) >= 11 is 0. The Labute approximate surface area is 89.9 Å². The molecule has 0 aliphatic carbocycles. The lowest BCUT2D eigenvalue weighted by Gasteiger charge is -2.30. The van der Waals surface area contributed by atoms with Crippen molar-refractivity contribution in [1.82, 2.24) is 0 Å². The monoisotopic (exact) mass is 200 g/mol. The Morgan fingerprint density at radius 2 is 1.43 bits per heavy atom. The van der Waals surface area contributed by atoms with Crippen LogP contribution in [0.5, 0.6) is 0 Å². The van der Waals surface area contributed by atoms with Gasteiger partial charge in [-0.3, -0.25) is 0 Å². The first-order valence-electron chi connectivity index (χ1n) is 6.15. The largest absolute Gasteiger partial charge is 0.396 e. The van der Waals surface area contributed by atoms with Gasteiger partial charge in [0.15, 0.2) is 0 Å². The molecule has 0 aromatic rings. The van der Waals surface area contributed by atoms with Gasteiger partial charge in [0.25, 0.3) is 0 Å². The van der Waals surface area contributed by atoms with Gasteiger partial charge < -0.3 is 5.11 Å². The van der Waals surface area contributed by atoms with Crippen molar-refractivity contribution in [2.75, 3.05) is 6.61 Å². The zero-order chi connectivity index (χ0) is 11.1. The van der Waals surface area contributed by atoms with Crippen LogP contribution < -0.4 is 0 Å². The molecule has 0 amide bonds. The summed E-state index contributed by atoms with van der Waals surface area (Å²) < 4.78 is 0. The van der Waals surface area contributed by atoms with E-state index in [9.17, 15) is 0 Å². The van der Waals surface area contributed by atoms with Gasteiger partial charge in [0.2, 0.25) is 0 Å². The van der Waals surface area contributed by atoms with Crippen LogP contribution in [0.1, 0.15) is 53.9 Å². The Bertz CT molecular complexity index is 133. The summed E-state index contributed by atoms with van der Waals surface area (Å²) in [6.45, 7) is 12.0. The van der Waals surface area contributed by atoms with Crippen molar-refractivity contribution in [2.24, 2.45) is 23.7 Å². The molecule has 1 nitrogen and oxygen atoms in total. The summed E-state index contributed by atoms with van der Waals surface area (Å²) in [4.78, 5) is 0. The SMILES string of the molecule is CCC(C)C(C)C(C)C(C)CCCO. The first-order valence-corrected chi connectivity index (χ1v) is 6.15. The van der Waals surface area contributed by atoms with Crippen molar-refractivity contribution in [2.45, 2.75) is 53.9 Å². The Morgan fingerprint density at radius 1 is 0.929 bits per heavy atom. The Hall–Kier alpha value is -0.0400. The highest BCUT2D eigenvalue weighted by molar-refractivity contribution is 4.71. The topological polar surface area (TPSA) is 20.2 Å². The van der Waals surface area contributed by atoms with Crippen LogP contribution in [0.4, 0.5) is 0 Å². The quantitative estimate of drug-likeness (QED) is 0.664. The van der Waals surface area contributed by atoms with Gasteiger partial charge in [0.05, 0.1) is 0 Å². The molecule has 0 fully saturated rings. The highest BCUT2D eigenvalue weighted by Crippen LogP contribution is 2.30. The predicted octanol–water partition coefficient (Wildman–Crippen LogP) is 3.71. The molecular formula is C13H28O. The van der Waals surface area contributed by atoms with Crippen molar-refractivity contribution in [1.29, 1.82) is 0 Å². The summed E-state index contributed by atoms with van der Waals surface area (Å²) in [5.41, 5.74) is 0. The van der Waals surface area contributed by atoms with E-state index in [4.69, 9.17) is 5.11 Å². The molecule has 0 aliphatic heterocycles. The van der Waals surface area contributed by atoms with Crippen molar-refractivity contribution in [3.63, 3.8) is 0 Å². The molecule has 86 valence electrons. The first kappa shape index (κ1) is 14.0. The Kier molecular flexibility index (Phi) is 7.26. The molecule has 14 heavy (non-hydrogen) atoms. The molecule has 0 rings (SSSR count). The highest BCUT2D eigenvalue weighted by atomic mass is 16.2. The zero-order valence-corrected chi connectivity index (χ0v) is 10.6. The fourth-order valence-corrected chi connectivity index (χ4v) is 2.08. The molecule has 1 heteroatoms. The molecular weight excluding hydrogens is 172 g/mol. The van der Waals surface area contributed by atoms with Gasteiger partial charge in [0, 0.05) is 6.61 Å². The molecule has 0 spiro atoms. The summed E-state index contributed by atoms with van der Waals surface area (Å²) in [5.74, 6) is 3.14. The van der Waals surface area contributed by atoms with E-state index in [1.165, 1.54) is 12.8 Å². The molecule has 1 N–H and O–H groups in total. The minimum absolute atomic E-state index is 0.342. The van der Waals surface area contributed by atoms with Gasteiger partial charge >= 0.3 is 0 Å². The van der Waals surface area contributed by atoms with Crippen LogP contribution in [0.3, 0.4) is 0 Å². The van der Waals surface area contributed by atoms with Crippen LogP contribution in [0.15, 0.2) is 0 Å². The maximum Gasteiger partial charge on any atom is 0.0431 e. The molecule has 4 atom stereocenters. The average molecular weight is 200 g/mol. The van der Waals surface area contributed by atoms with Crippen molar-refractivity contribution < 1.29 is 5.11 Å². The number of hydrogen-bond donors (Lipinski definition) is 1. The van der Waals surface area contributed by atoms with Gasteiger partial charge in [-0.25, -0.2) is 0 Å². The molecule has 0 bridgehead atoms. The number of aliphatic hydroxyl groups is 1. The molecule has 0 aromatic carbocycles. The lowest BCUT2D eigenvalue weighted by molar-refractivity contribution is 0.187. The second kappa shape index (κ2) is 7.28. The number of hydrogen-bond acceptors (Lipinski definition) is 1. The lowest BCUT2D eigenvalue weighted by Crippen LogP contribution is -2.22. The van der Waals surface area contributed by atoms with Gasteiger partial charge in [-0.1, -0.05) is 41.0 Å². The minimum Gasteiger partial charge on any atom is -0.396 e. The Balaban J connectivity index is 3.95. The highest BCUT2D eigenvalue weighted by Gasteiger charge is 2.22. The second-order valence-corrected chi connectivity index (χ2v) is 4.95. The molecule has 0 radical (unpaired) electrons. The minimum atomic E-state index is 0.342. The van der Waals surface area contributed by atoms with Crippen LogP contribution in [0.2, 0.25) is 0 Å². The fraction of sp³-hybridized carbons (Fsp3) is 1.00. The summed E-state index contributed by atoms with van der Waals surface area (Å²) in [6, 6.07) is 0. The average Bonchev–Trinajstić information content (AvgIpc) is 2.22. The van der Waals surface area contributed by atoms with Gasteiger partial charge in [-0.15, -0.1) is 0 Å². The van der Waals surface area contributed by atoms with Crippen LogP contribution in [0.25, 0.3) is 0 Å². The maximum atomic E-state index is 8.79. The molecule has 0 aliphatic rings. The third-order valence-corrected chi connectivity index (χ3v) is 4.09. The van der Waals surface area contributed by atoms with Crippen molar-refractivity contribution in [3.05, 3.63) is 0 Å². The van der Waals surface area contributed by atoms with E-state index in [-0.39, 0.29) is 0 Å². The van der Waals surface area contributed by atoms with Crippen LogP contribution in [-0.4, -0.2) is 11.7 Å². The standard InChI is InChI=1S/C13H28O/c1-6-10(2)12(4)13(5)11(3)8-7-9-14/h10-14H,6-9H2,1-5H3. The van der Waals surface area contributed by atoms with Crippen LogP contribution in [0, 0.1) is 23.7 Å². The smallest absolute Gasteiger partial charge is 0.0431 e. The van der Waals surface area contributed by atoms with E-state index >= 15 is 0 Å². The van der Waals surface area contributed by atoms with Gasteiger partial charge in [-0.2, -0.15) is 0 Å². The molecule has 4 unspecified atom stereocenters. The van der Waals surface area contributed by atoms with Crippen LogP contribution in [-0.2, 0) is 0 Å². The lowest BCUT2D eigenvalue weighted by atomic mass is 9.76. The zero-order valence-electron chi connectivity index (χ0n) is 10.6. The normalized spacial score (nSPS) is 20.1. The van der Waals surface area contributed by atoms with Gasteiger partial charge in [0.1, 0.15) is 0 Å². The van der Waals surface area contributed by atoms with E-state index in [0.29, 0.717) is 6.61 Å². The fourth-order valence-electron chi connectivity index (χ4n) is 2.08. The number of rotatable bonds is 7. The summed E-state index contributed by atoms with van der Waals surface area (Å²) in [6.07, 6.45) is 3.40. The van der Waals surface area contributed by atoms with E-state index < -0.39 is 0 Å². The van der Waals surface area contributed by atoms with Gasteiger partial charge in [-0.05, 0) is 36.5 Å². The second-order valence-electron chi connectivity index (χ2n) is 4.95. The van der Waals surface area contributed by atoms with Crippen LogP contribution >= 0.6 is 0 Å². The summed E-state index contributed by atoms with van der Waals surface area (Å²) in [5, 5.41) is 8.79. The summed E-state index contributed by atoms with van der Waals surface area (Å²) in [7, 11) is 0.